The molecule has 0 aliphatic heterocycles. The Morgan fingerprint density at radius 2 is 2.07 bits per heavy atom. The summed E-state index contributed by atoms with van der Waals surface area (Å²) >= 11 is 1.76. The van der Waals surface area contributed by atoms with Gasteiger partial charge in [0, 0.05) is 17.4 Å². The van der Waals surface area contributed by atoms with Gasteiger partial charge in [0.1, 0.15) is 0 Å². The molecule has 0 aliphatic rings. The second-order valence-electron chi connectivity index (χ2n) is 3.40. The highest BCUT2D eigenvalue weighted by Gasteiger charge is 2.10. The zero-order valence-corrected chi connectivity index (χ0v) is 10.0. The van der Waals surface area contributed by atoms with E-state index in [2.05, 4.69) is 18.5 Å². The molecule has 1 aromatic rings. The van der Waals surface area contributed by atoms with Crippen LogP contribution in [0.25, 0.3) is 0 Å². The standard InChI is InChI=1S/C12H17NOS/c1-3-11(9-15-2)13-12(14)10-7-5-4-6-8-10/h4-8,11H,3,9H2,1-2H3,(H,13,14)/t11-/m1/s1. The second kappa shape index (κ2) is 6.51. The summed E-state index contributed by atoms with van der Waals surface area (Å²) in [6.07, 6.45) is 3.02. The van der Waals surface area contributed by atoms with Gasteiger partial charge in [-0.1, -0.05) is 25.1 Å². The largest absolute Gasteiger partial charge is 0.348 e. The van der Waals surface area contributed by atoms with Gasteiger partial charge < -0.3 is 5.32 Å². The van der Waals surface area contributed by atoms with Gasteiger partial charge in [0.15, 0.2) is 0 Å². The normalized spacial score (nSPS) is 12.1. The van der Waals surface area contributed by atoms with Crippen molar-refractivity contribution >= 4 is 17.7 Å². The van der Waals surface area contributed by atoms with Crippen molar-refractivity contribution in [1.82, 2.24) is 5.32 Å². The summed E-state index contributed by atoms with van der Waals surface area (Å²) in [6, 6.07) is 9.61. The Bertz CT molecular complexity index is 300. The number of rotatable bonds is 5. The van der Waals surface area contributed by atoms with Crippen molar-refractivity contribution in [2.75, 3.05) is 12.0 Å². The quantitative estimate of drug-likeness (QED) is 0.831. The number of nitrogens with one attached hydrogen (secondary N) is 1. The van der Waals surface area contributed by atoms with Gasteiger partial charge in [-0.15, -0.1) is 0 Å². The van der Waals surface area contributed by atoms with E-state index in [4.69, 9.17) is 0 Å². The number of thioether (sulfide) groups is 1. The van der Waals surface area contributed by atoms with Crippen LogP contribution in [0.15, 0.2) is 30.3 Å². The second-order valence-corrected chi connectivity index (χ2v) is 4.31. The molecule has 3 heteroatoms. The molecule has 0 saturated carbocycles. The maximum atomic E-state index is 11.8. The van der Waals surface area contributed by atoms with Crippen LogP contribution in [-0.2, 0) is 0 Å². The zero-order chi connectivity index (χ0) is 11.1. The lowest BCUT2D eigenvalue weighted by Crippen LogP contribution is -2.36. The summed E-state index contributed by atoms with van der Waals surface area (Å²) in [5.74, 6) is 0.992. The molecule has 82 valence electrons. The fourth-order valence-electron chi connectivity index (χ4n) is 1.32. The molecule has 0 saturated heterocycles. The van der Waals surface area contributed by atoms with Crippen molar-refractivity contribution < 1.29 is 4.79 Å². The summed E-state index contributed by atoms with van der Waals surface area (Å²) in [4.78, 5) is 11.8. The van der Waals surface area contributed by atoms with Gasteiger partial charge in [-0.3, -0.25) is 4.79 Å². The van der Waals surface area contributed by atoms with Crippen LogP contribution in [0.4, 0.5) is 0 Å². The smallest absolute Gasteiger partial charge is 0.251 e. The van der Waals surface area contributed by atoms with Crippen LogP contribution in [0.2, 0.25) is 0 Å². The number of carbonyl (C=O) groups excluding carboxylic acids is 1. The van der Waals surface area contributed by atoms with Gasteiger partial charge in [-0.2, -0.15) is 11.8 Å². The van der Waals surface area contributed by atoms with Crippen LogP contribution < -0.4 is 5.32 Å². The SMILES string of the molecule is CC[C@H](CSC)NC(=O)c1ccccc1. The van der Waals surface area contributed by atoms with Gasteiger partial charge >= 0.3 is 0 Å². The molecule has 0 heterocycles. The van der Waals surface area contributed by atoms with Crippen LogP contribution >= 0.6 is 11.8 Å². The van der Waals surface area contributed by atoms with Gasteiger partial charge in [0.05, 0.1) is 0 Å². The van der Waals surface area contributed by atoms with E-state index in [1.54, 1.807) is 11.8 Å². The van der Waals surface area contributed by atoms with Gasteiger partial charge in [-0.05, 0) is 24.8 Å². The molecular formula is C12H17NOS. The van der Waals surface area contributed by atoms with E-state index in [9.17, 15) is 4.79 Å². The first kappa shape index (κ1) is 12.1. The maximum Gasteiger partial charge on any atom is 0.251 e. The molecule has 1 amide bonds. The minimum atomic E-state index is 0.0245. The van der Waals surface area contributed by atoms with Crippen molar-refractivity contribution in [3.63, 3.8) is 0 Å². The third-order valence-corrected chi connectivity index (χ3v) is 2.97. The molecular weight excluding hydrogens is 206 g/mol. The lowest BCUT2D eigenvalue weighted by Gasteiger charge is -2.15. The Balaban J connectivity index is 2.55. The van der Waals surface area contributed by atoms with Crippen LogP contribution in [0.5, 0.6) is 0 Å². The van der Waals surface area contributed by atoms with Gasteiger partial charge in [-0.25, -0.2) is 0 Å². The Labute approximate surface area is 95.5 Å². The summed E-state index contributed by atoms with van der Waals surface area (Å²) in [5, 5.41) is 3.02. The topological polar surface area (TPSA) is 29.1 Å². The van der Waals surface area contributed by atoms with Crippen molar-refractivity contribution in [3.05, 3.63) is 35.9 Å². The molecule has 2 nitrogen and oxygen atoms in total. The van der Waals surface area contributed by atoms with E-state index in [0.29, 0.717) is 0 Å². The van der Waals surface area contributed by atoms with E-state index < -0.39 is 0 Å². The van der Waals surface area contributed by atoms with E-state index >= 15 is 0 Å². The first-order valence-corrected chi connectivity index (χ1v) is 6.52. The minimum Gasteiger partial charge on any atom is -0.348 e. The fraction of sp³-hybridized carbons (Fsp3) is 0.417. The van der Waals surface area contributed by atoms with Crippen molar-refractivity contribution in [1.29, 1.82) is 0 Å². The highest BCUT2D eigenvalue weighted by Crippen LogP contribution is 2.04. The predicted octanol–water partition coefficient (Wildman–Crippen LogP) is 2.56. The average molecular weight is 223 g/mol. The molecule has 0 unspecified atom stereocenters. The monoisotopic (exact) mass is 223 g/mol. The summed E-state index contributed by atoms with van der Waals surface area (Å²) in [5.41, 5.74) is 0.733. The van der Waals surface area contributed by atoms with Crippen molar-refractivity contribution in [2.24, 2.45) is 0 Å². The molecule has 1 atom stereocenters. The molecule has 1 N–H and O–H groups in total. The molecule has 1 rings (SSSR count). The number of benzene rings is 1. The Hall–Kier alpha value is -0.960. The number of hydrogen-bond acceptors (Lipinski definition) is 2. The third kappa shape index (κ3) is 3.96. The lowest BCUT2D eigenvalue weighted by atomic mass is 10.2. The summed E-state index contributed by atoms with van der Waals surface area (Å²) in [7, 11) is 0. The Morgan fingerprint density at radius 1 is 1.40 bits per heavy atom. The number of amides is 1. The molecule has 0 spiro atoms. The first-order valence-electron chi connectivity index (χ1n) is 5.12. The molecule has 15 heavy (non-hydrogen) atoms. The van der Waals surface area contributed by atoms with Crippen molar-refractivity contribution in [3.8, 4) is 0 Å². The van der Waals surface area contributed by atoms with Gasteiger partial charge in [0.2, 0.25) is 0 Å². The molecule has 0 bridgehead atoms. The van der Waals surface area contributed by atoms with Crippen LogP contribution in [0.3, 0.4) is 0 Å². The average Bonchev–Trinajstić information content (AvgIpc) is 2.29. The fourth-order valence-corrected chi connectivity index (χ4v) is 2.04. The van der Waals surface area contributed by atoms with E-state index in [-0.39, 0.29) is 11.9 Å². The molecule has 0 aliphatic carbocycles. The molecule has 0 radical (unpaired) electrons. The summed E-state index contributed by atoms with van der Waals surface area (Å²) < 4.78 is 0. The number of carbonyl (C=O) groups is 1. The predicted molar refractivity (Wildman–Crippen MR) is 66.4 cm³/mol. The van der Waals surface area contributed by atoms with Crippen LogP contribution in [0.1, 0.15) is 23.7 Å². The number of hydrogen-bond donors (Lipinski definition) is 1. The lowest BCUT2D eigenvalue weighted by molar-refractivity contribution is 0.0940. The van der Waals surface area contributed by atoms with E-state index in [1.165, 1.54) is 0 Å². The van der Waals surface area contributed by atoms with E-state index in [1.807, 2.05) is 30.3 Å². The Kier molecular flexibility index (Phi) is 5.26. The minimum absolute atomic E-state index is 0.0245. The van der Waals surface area contributed by atoms with Crippen LogP contribution in [0, 0.1) is 0 Å². The molecule has 1 aromatic carbocycles. The highest BCUT2D eigenvalue weighted by atomic mass is 32.2. The first-order chi connectivity index (χ1) is 7.27. The molecule has 0 fully saturated rings. The maximum absolute atomic E-state index is 11.8. The summed E-state index contributed by atoms with van der Waals surface area (Å²) in [6.45, 7) is 2.09. The third-order valence-electron chi connectivity index (χ3n) is 2.23. The van der Waals surface area contributed by atoms with E-state index in [0.717, 1.165) is 17.7 Å². The Morgan fingerprint density at radius 3 is 2.60 bits per heavy atom. The highest BCUT2D eigenvalue weighted by molar-refractivity contribution is 7.98. The van der Waals surface area contributed by atoms with Crippen molar-refractivity contribution in [2.45, 2.75) is 19.4 Å². The zero-order valence-electron chi connectivity index (χ0n) is 9.19. The molecule has 0 aromatic heterocycles. The van der Waals surface area contributed by atoms with Crippen LogP contribution in [-0.4, -0.2) is 24.0 Å². The van der Waals surface area contributed by atoms with Gasteiger partial charge in [0.25, 0.3) is 5.91 Å².